The summed E-state index contributed by atoms with van der Waals surface area (Å²) in [7, 11) is -3.94. The Bertz CT molecular complexity index is 1170. The Morgan fingerprint density at radius 2 is 1.55 bits per heavy atom. The normalized spacial score (nSPS) is 11.2. The van der Waals surface area contributed by atoms with Crippen LogP contribution in [0.3, 0.4) is 0 Å². The number of anilines is 2. The maximum Gasteiger partial charge on any atom is 0.264 e. The van der Waals surface area contributed by atoms with Gasteiger partial charge in [0.1, 0.15) is 6.54 Å². The molecule has 3 rings (SSSR count). The SMILES string of the molecule is CSc1cccc(NC(=O)CN(c2cc(C)cc(C)c2)S(=O)(=O)c2ccc(C)cc2)c1. The molecule has 0 spiro atoms. The number of thioether (sulfide) groups is 1. The second-order valence-corrected chi connectivity index (χ2v) is 10.2. The van der Waals surface area contributed by atoms with Crippen LogP contribution in [-0.2, 0) is 14.8 Å². The van der Waals surface area contributed by atoms with E-state index in [9.17, 15) is 13.2 Å². The molecular weight excluding hydrogens is 428 g/mol. The molecule has 0 saturated heterocycles. The van der Waals surface area contributed by atoms with Crippen molar-refractivity contribution in [2.45, 2.75) is 30.6 Å². The molecule has 0 heterocycles. The number of hydrogen-bond donors (Lipinski definition) is 1. The Labute approximate surface area is 188 Å². The van der Waals surface area contributed by atoms with Crippen LogP contribution >= 0.6 is 11.8 Å². The standard InChI is InChI=1S/C24H26N2O3S2/c1-17-8-10-23(11-9-17)31(28,29)26(21-13-18(2)12-19(3)14-21)16-24(27)25-20-6-5-7-22(15-20)30-4/h5-15H,16H2,1-4H3,(H,25,27). The average molecular weight is 455 g/mol. The minimum atomic E-state index is -3.94. The average Bonchev–Trinajstić information content (AvgIpc) is 2.71. The molecule has 3 aromatic rings. The second kappa shape index (κ2) is 9.58. The molecule has 1 amide bonds. The first-order chi connectivity index (χ1) is 14.7. The van der Waals surface area contributed by atoms with Gasteiger partial charge in [-0.1, -0.05) is 29.8 Å². The number of rotatable bonds is 7. The molecule has 0 aliphatic rings. The number of nitrogens with zero attached hydrogens (tertiary/aromatic N) is 1. The number of benzene rings is 3. The lowest BCUT2D eigenvalue weighted by Crippen LogP contribution is -2.38. The molecule has 0 radical (unpaired) electrons. The van der Waals surface area contributed by atoms with Gasteiger partial charge >= 0.3 is 0 Å². The largest absolute Gasteiger partial charge is 0.324 e. The quantitative estimate of drug-likeness (QED) is 0.500. The minimum Gasteiger partial charge on any atom is -0.324 e. The predicted octanol–water partition coefficient (Wildman–Crippen LogP) is 5.17. The van der Waals surface area contributed by atoms with Crippen LogP contribution in [0.5, 0.6) is 0 Å². The van der Waals surface area contributed by atoms with E-state index in [0.29, 0.717) is 11.4 Å². The highest BCUT2D eigenvalue weighted by molar-refractivity contribution is 7.98. The van der Waals surface area contributed by atoms with E-state index in [1.807, 2.05) is 51.3 Å². The number of carbonyl (C=O) groups excluding carboxylic acids is 1. The van der Waals surface area contributed by atoms with Crippen molar-refractivity contribution in [1.82, 2.24) is 0 Å². The van der Waals surface area contributed by atoms with Crippen LogP contribution in [0.25, 0.3) is 0 Å². The van der Waals surface area contributed by atoms with E-state index < -0.39 is 15.9 Å². The molecule has 0 saturated carbocycles. The third-order valence-corrected chi connectivity index (χ3v) is 7.26. The first-order valence-corrected chi connectivity index (χ1v) is 12.5. The number of aryl methyl sites for hydroxylation is 3. The summed E-state index contributed by atoms with van der Waals surface area (Å²) in [5.74, 6) is -0.409. The first kappa shape index (κ1) is 22.9. The van der Waals surface area contributed by atoms with E-state index >= 15 is 0 Å². The molecule has 7 heteroatoms. The Balaban J connectivity index is 1.97. The summed E-state index contributed by atoms with van der Waals surface area (Å²) < 4.78 is 28.2. The van der Waals surface area contributed by atoms with Crippen LogP contribution in [0.4, 0.5) is 11.4 Å². The van der Waals surface area contributed by atoms with Crippen molar-refractivity contribution in [2.75, 3.05) is 22.4 Å². The van der Waals surface area contributed by atoms with Gasteiger partial charge in [-0.05, 0) is 80.6 Å². The summed E-state index contributed by atoms with van der Waals surface area (Å²) in [6, 6.07) is 19.6. The summed E-state index contributed by atoms with van der Waals surface area (Å²) >= 11 is 1.57. The summed E-state index contributed by atoms with van der Waals surface area (Å²) in [6.45, 7) is 5.37. The molecule has 0 aliphatic carbocycles. The summed E-state index contributed by atoms with van der Waals surface area (Å²) in [4.78, 5) is 14.0. The molecular formula is C24H26N2O3S2. The van der Waals surface area contributed by atoms with Gasteiger partial charge in [0.2, 0.25) is 5.91 Å². The maximum absolute atomic E-state index is 13.5. The van der Waals surface area contributed by atoms with E-state index in [4.69, 9.17) is 0 Å². The van der Waals surface area contributed by atoms with Crippen molar-refractivity contribution >= 4 is 39.1 Å². The smallest absolute Gasteiger partial charge is 0.264 e. The highest BCUT2D eigenvalue weighted by atomic mass is 32.2. The summed E-state index contributed by atoms with van der Waals surface area (Å²) in [6.07, 6.45) is 1.96. The fraction of sp³-hybridized carbons (Fsp3) is 0.208. The molecule has 31 heavy (non-hydrogen) atoms. The van der Waals surface area contributed by atoms with Gasteiger partial charge in [-0.2, -0.15) is 0 Å². The van der Waals surface area contributed by atoms with E-state index in [2.05, 4.69) is 5.32 Å². The van der Waals surface area contributed by atoms with Crippen LogP contribution in [-0.4, -0.2) is 27.1 Å². The van der Waals surface area contributed by atoms with Gasteiger partial charge < -0.3 is 5.32 Å². The molecule has 0 aromatic heterocycles. The Hall–Kier alpha value is -2.77. The highest BCUT2D eigenvalue weighted by Crippen LogP contribution is 2.26. The zero-order chi connectivity index (χ0) is 22.6. The lowest BCUT2D eigenvalue weighted by atomic mass is 10.1. The maximum atomic E-state index is 13.5. The third-order valence-electron chi connectivity index (χ3n) is 4.74. The minimum absolute atomic E-state index is 0.148. The molecule has 0 fully saturated rings. The van der Waals surface area contributed by atoms with Crippen LogP contribution in [0, 0.1) is 20.8 Å². The topological polar surface area (TPSA) is 66.5 Å². The highest BCUT2D eigenvalue weighted by Gasteiger charge is 2.27. The number of amides is 1. The number of sulfonamides is 1. The zero-order valence-corrected chi connectivity index (χ0v) is 19.7. The fourth-order valence-electron chi connectivity index (χ4n) is 3.28. The Kier molecular flexibility index (Phi) is 7.08. The molecule has 0 bridgehead atoms. The molecule has 1 N–H and O–H groups in total. The van der Waals surface area contributed by atoms with E-state index in [0.717, 1.165) is 21.6 Å². The van der Waals surface area contributed by atoms with Crippen molar-refractivity contribution in [2.24, 2.45) is 0 Å². The van der Waals surface area contributed by atoms with Crippen molar-refractivity contribution < 1.29 is 13.2 Å². The van der Waals surface area contributed by atoms with Gasteiger partial charge in [-0.15, -0.1) is 11.8 Å². The lowest BCUT2D eigenvalue weighted by Gasteiger charge is -2.25. The van der Waals surface area contributed by atoms with Crippen molar-refractivity contribution in [3.05, 3.63) is 83.4 Å². The van der Waals surface area contributed by atoms with E-state index in [-0.39, 0.29) is 11.4 Å². The number of nitrogens with one attached hydrogen (secondary N) is 1. The molecule has 5 nitrogen and oxygen atoms in total. The van der Waals surface area contributed by atoms with Gasteiger partial charge in [0.15, 0.2) is 0 Å². The van der Waals surface area contributed by atoms with Gasteiger partial charge in [0.25, 0.3) is 10.0 Å². The first-order valence-electron chi connectivity index (χ1n) is 9.80. The molecule has 0 atom stereocenters. The Morgan fingerprint density at radius 3 is 2.16 bits per heavy atom. The number of hydrogen-bond acceptors (Lipinski definition) is 4. The summed E-state index contributed by atoms with van der Waals surface area (Å²) in [5, 5.41) is 2.82. The van der Waals surface area contributed by atoms with Crippen LogP contribution in [0.1, 0.15) is 16.7 Å². The summed E-state index contributed by atoms with van der Waals surface area (Å²) in [5.41, 5.74) is 3.90. The van der Waals surface area contributed by atoms with Crippen molar-refractivity contribution in [3.8, 4) is 0 Å². The van der Waals surface area contributed by atoms with Gasteiger partial charge in [0, 0.05) is 10.6 Å². The van der Waals surface area contributed by atoms with Gasteiger partial charge in [0.05, 0.1) is 10.6 Å². The molecule has 3 aromatic carbocycles. The third kappa shape index (κ3) is 5.68. The van der Waals surface area contributed by atoms with Gasteiger partial charge in [-0.3, -0.25) is 9.10 Å². The van der Waals surface area contributed by atoms with Crippen molar-refractivity contribution in [3.63, 3.8) is 0 Å². The van der Waals surface area contributed by atoms with Crippen LogP contribution < -0.4 is 9.62 Å². The monoisotopic (exact) mass is 454 g/mol. The van der Waals surface area contributed by atoms with Gasteiger partial charge in [-0.25, -0.2) is 8.42 Å². The second-order valence-electron chi connectivity index (χ2n) is 7.45. The molecule has 0 aliphatic heterocycles. The zero-order valence-electron chi connectivity index (χ0n) is 18.0. The fourth-order valence-corrected chi connectivity index (χ4v) is 5.14. The van der Waals surface area contributed by atoms with Crippen LogP contribution in [0.15, 0.2) is 76.5 Å². The van der Waals surface area contributed by atoms with Crippen LogP contribution in [0.2, 0.25) is 0 Å². The predicted molar refractivity (Wildman–Crippen MR) is 128 cm³/mol. The molecule has 162 valence electrons. The van der Waals surface area contributed by atoms with E-state index in [1.165, 1.54) is 4.31 Å². The van der Waals surface area contributed by atoms with Crippen molar-refractivity contribution in [1.29, 1.82) is 0 Å². The van der Waals surface area contributed by atoms with E-state index in [1.54, 1.807) is 54.2 Å². The molecule has 0 unspecified atom stereocenters. The Morgan fingerprint density at radius 1 is 0.903 bits per heavy atom. The lowest BCUT2D eigenvalue weighted by molar-refractivity contribution is -0.114. The number of carbonyl (C=O) groups is 1.